The molecule has 0 unspecified atom stereocenters. The van der Waals surface area contributed by atoms with Gasteiger partial charge in [0.1, 0.15) is 5.75 Å². The fraction of sp³-hybridized carbons (Fsp3) is 0.111. The number of hydrogen-bond acceptors (Lipinski definition) is 5. The van der Waals surface area contributed by atoms with E-state index in [0.29, 0.717) is 0 Å². The first-order valence-corrected chi connectivity index (χ1v) is 5.23. The number of ether oxygens (including phenoxy) is 1. The number of H-pyrrole nitrogens is 1. The minimum Gasteiger partial charge on any atom is -0.433 e. The minimum atomic E-state index is -2.97. The zero-order valence-corrected chi connectivity index (χ0v) is 9.86. The van der Waals surface area contributed by atoms with Gasteiger partial charge in [-0.3, -0.25) is 4.79 Å². The summed E-state index contributed by atoms with van der Waals surface area (Å²) in [5.74, 6) is -0.967. The fourth-order valence-electron chi connectivity index (χ4n) is 1.22. The predicted molar refractivity (Wildman–Crippen MR) is 60.2 cm³/mol. The molecule has 1 amide bonds. The van der Waals surface area contributed by atoms with Gasteiger partial charge < -0.3 is 10.1 Å². The standard InChI is InChI=1S/C9H6ClF2N5O2/c10-5-3-4(1-2-6(5)19-9(11)12)13-8(18)7-14-16-17-15-7/h1-3,9H,(H,13,18)(H,14,15,16,17). The highest BCUT2D eigenvalue weighted by Crippen LogP contribution is 2.28. The van der Waals surface area contributed by atoms with Crippen molar-refractivity contribution in [2.45, 2.75) is 6.61 Å². The van der Waals surface area contributed by atoms with Crippen LogP contribution in [0.15, 0.2) is 18.2 Å². The zero-order chi connectivity index (χ0) is 13.8. The Labute approximate surface area is 109 Å². The number of halogens is 3. The third-order valence-electron chi connectivity index (χ3n) is 1.95. The number of alkyl halides is 2. The summed E-state index contributed by atoms with van der Waals surface area (Å²) in [4.78, 5) is 11.6. The van der Waals surface area contributed by atoms with E-state index in [0.717, 1.165) is 0 Å². The van der Waals surface area contributed by atoms with Crippen molar-refractivity contribution in [1.82, 2.24) is 20.6 Å². The second-order valence-electron chi connectivity index (χ2n) is 3.21. The Morgan fingerprint density at radius 1 is 1.47 bits per heavy atom. The molecule has 1 aromatic heterocycles. The van der Waals surface area contributed by atoms with Crippen LogP contribution in [0.1, 0.15) is 10.6 Å². The van der Waals surface area contributed by atoms with Crippen LogP contribution in [0.3, 0.4) is 0 Å². The van der Waals surface area contributed by atoms with E-state index in [9.17, 15) is 13.6 Å². The summed E-state index contributed by atoms with van der Waals surface area (Å²) in [6, 6.07) is 3.82. The van der Waals surface area contributed by atoms with E-state index in [1.165, 1.54) is 18.2 Å². The molecule has 0 atom stereocenters. The number of rotatable bonds is 4. The summed E-state index contributed by atoms with van der Waals surface area (Å²) in [6.07, 6.45) is 0. The lowest BCUT2D eigenvalue weighted by atomic mass is 10.3. The number of hydrogen-bond donors (Lipinski definition) is 2. The van der Waals surface area contributed by atoms with Crippen molar-refractivity contribution >= 4 is 23.2 Å². The Kier molecular flexibility index (Phi) is 3.85. The number of tetrazole rings is 1. The molecule has 0 saturated heterocycles. The Bertz CT molecular complexity index is 578. The molecule has 1 aromatic carbocycles. The van der Waals surface area contributed by atoms with Gasteiger partial charge in [0.15, 0.2) is 0 Å². The van der Waals surface area contributed by atoms with Crippen molar-refractivity contribution in [2.75, 3.05) is 5.32 Å². The van der Waals surface area contributed by atoms with Crippen molar-refractivity contribution in [3.05, 3.63) is 29.0 Å². The van der Waals surface area contributed by atoms with Gasteiger partial charge in [0.05, 0.1) is 5.02 Å². The lowest BCUT2D eigenvalue weighted by Crippen LogP contribution is -2.14. The van der Waals surface area contributed by atoms with Gasteiger partial charge in [0.25, 0.3) is 11.7 Å². The molecule has 19 heavy (non-hydrogen) atoms. The van der Waals surface area contributed by atoms with E-state index in [-0.39, 0.29) is 22.3 Å². The van der Waals surface area contributed by atoms with Crippen LogP contribution in [0.25, 0.3) is 0 Å². The van der Waals surface area contributed by atoms with Gasteiger partial charge in [-0.1, -0.05) is 11.6 Å². The van der Waals surface area contributed by atoms with Gasteiger partial charge >= 0.3 is 6.61 Å². The first kappa shape index (κ1) is 13.1. The number of carbonyl (C=O) groups is 1. The fourth-order valence-corrected chi connectivity index (χ4v) is 1.44. The third-order valence-corrected chi connectivity index (χ3v) is 2.25. The van der Waals surface area contributed by atoms with Crippen molar-refractivity contribution in [3.8, 4) is 5.75 Å². The monoisotopic (exact) mass is 289 g/mol. The molecule has 0 aliphatic carbocycles. The van der Waals surface area contributed by atoms with Crippen LogP contribution in [-0.2, 0) is 0 Å². The van der Waals surface area contributed by atoms with Crippen LogP contribution < -0.4 is 10.1 Å². The van der Waals surface area contributed by atoms with E-state index in [1.807, 2.05) is 0 Å². The zero-order valence-electron chi connectivity index (χ0n) is 9.10. The van der Waals surface area contributed by atoms with Gasteiger partial charge in [-0.25, -0.2) is 0 Å². The summed E-state index contributed by atoms with van der Waals surface area (Å²) in [7, 11) is 0. The molecule has 1 heterocycles. The first-order valence-electron chi connectivity index (χ1n) is 4.85. The smallest absolute Gasteiger partial charge is 0.387 e. The van der Waals surface area contributed by atoms with E-state index in [4.69, 9.17) is 11.6 Å². The molecule has 2 N–H and O–H groups in total. The molecule has 0 fully saturated rings. The second kappa shape index (κ2) is 5.57. The Morgan fingerprint density at radius 3 is 2.84 bits per heavy atom. The van der Waals surface area contributed by atoms with Gasteiger partial charge in [0, 0.05) is 5.69 Å². The largest absolute Gasteiger partial charge is 0.433 e. The molecule has 7 nitrogen and oxygen atoms in total. The number of aromatic nitrogens is 4. The molecule has 0 saturated carbocycles. The van der Waals surface area contributed by atoms with Gasteiger partial charge in [-0.05, 0) is 23.4 Å². The maximum Gasteiger partial charge on any atom is 0.387 e. The number of benzene rings is 1. The van der Waals surface area contributed by atoms with Gasteiger partial charge in [-0.15, -0.1) is 10.2 Å². The number of nitrogens with zero attached hydrogens (tertiary/aromatic N) is 3. The van der Waals surface area contributed by atoms with Crippen LogP contribution in [0, 0.1) is 0 Å². The lowest BCUT2D eigenvalue weighted by molar-refractivity contribution is -0.0497. The van der Waals surface area contributed by atoms with Crippen molar-refractivity contribution < 1.29 is 18.3 Å². The summed E-state index contributed by atoms with van der Waals surface area (Å²) in [6.45, 7) is -2.97. The van der Waals surface area contributed by atoms with Crippen LogP contribution in [0.2, 0.25) is 5.02 Å². The highest BCUT2D eigenvalue weighted by molar-refractivity contribution is 6.32. The topological polar surface area (TPSA) is 92.8 Å². The van der Waals surface area contributed by atoms with Crippen LogP contribution in [0.5, 0.6) is 5.75 Å². The molecule has 100 valence electrons. The predicted octanol–water partition coefficient (Wildman–Crippen LogP) is 1.71. The average Bonchev–Trinajstić information content (AvgIpc) is 2.86. The maximum atomic E-state index is 12.0. The SMILES string of the molecule is O=C(Nc1ccc(OC(F)F)c(Cl)c1)c1nn[nH]n1. The van der Waals surface area contributed by atoms with Crippen LogP contribution in [0.4, 0.5) is 14.5 Å². The first-order chi connectivity index (χ1) is 9.06. The summed E-state index contributed by atoms with van der Waals surface area (Å²) >= 11 is 5.72. The second-order valence-corrected chi connectivity index (χ2v) is 3.62. The molecule has 2 rings (SSSR count). The summed E-state index contributed by atoms with van der Waals surface area (Å²) < 4.78 is 28.2. The molecular weight excluding hydrogens is 284 g/mol. The molecule has 0 aliphatic heterocycles. The number of nitrogens with one attached hydrogen (secondary N) is 2. The lowest BCUT2D eigenvalue weighted by Gasteiger charge is -2.08. The number of amides is 1. The molecule has 0 aliphatic rings. The van der Waals surface area contributed by atoms with Crippen LogP contribution >= 0.6 is 11.6 Å². The number of carbonyl (C=O) groups excluding carboxylic acids is 1. The molecule has 0 bridgehead atoms. The van der Waals surface area contributed by atoms with Crippen molar-refractivity contribution in [2.24, 2.45) is 0 Å². The Hall–Kier alpha value is -2.29. The van der Waals surface area contributed by atoms with E-state index in [1.54, 1.807) is 0 Å². The summed E-state index contributed by atoms with van der Waals surface area (Å²) in [5.41, 5.74) is 0.279. The molecular formula is C9H6ClF2N5O2. The maximum absolute atomic E-state index is 12.0. The van der Waals surface area contributed by atoms with E-state index in [2.05, 4.69) is 30.7 Å². The van der Waals surface area contributed by atoms with Gasteiger partial charge in [-0.2, -0.15) is 14.0 Å². The van der Waals surface area contributed by atoms with E-state index >= 15 is 0 Å². The van der Waals surface area contributed by atoms with Crippen molar-refractivity contribution in [3.63, 3.8) is 0 Å². The van der Waals surface area contributed by atoms with Crippen molar-refractivity contribution in [1.29, 1.82) is 0 Å². The highest BCUT2D eigenvalue weighted by atomic mass is 35.5. The average molecular weight is 290 g/mol. The third kappa shape index (κ3) is 3.35. The summed E-state index contributed by atoms with van der Waals surface area (Å²) in [5, 5.41) is 14.6. The number of aromatic amines is 1. The Balaban J connectivity index is 2.10. The van der Waals surface area contributed by atoms with Gasteiger partial charge in [0.2, 0.25) is 0 Å². The highest BCUT2D eigenvalue weighted by Gasteiger charge is 2.13. The normalized spacial score (nSPS) is 10.5. The van der Waals surface area contributed by atoms with Crippen LogP contribution in [-0.4, -0.2) is 33.1 Å². The molecule has 0 spiro atoms. The Morgan fingerprint density at radius 2 is 2.26 bits per heavy atom. The van der Waals surface area contributed by atoms with E-state index < -0.39 is 12.5 Å². The quantitative estimate of drug-likeness (QED) is 0.894. The molecule has 0 radical (unpaired) electrons. The molecule has 10 heteroatoms. The number of anilines is 1. The molecule has 2 aromatic rings. The minimum absolute atomic E-state index is 0.0637.